The van der Waals surface area contributed by atoms with Crippen LogP contribution in [0.1, 0.15) is 10.4 Å². The largest absolute Gasteiger partial charge is 0.452 e. The van der Waals surface area contributed by atoms with Crippen LogP contribution in [0.15, 0.2) is 42.5 Å². The van der Waals surface area contributed by atoms with E-state index in [1.54, 1.807) is 18.2 Å². The molecule has 0 aliphatic carbocycles. The Morgan fingerprint density at radius 1 is 1.25 bits per heavy atom. The molecule has 9 heteroatoms. The molecule has 124 valence electrons. The Bertz CT molecular complexity index is 812. The number of nitro groups is 1. The third-order valence-corrected chi connectivity index (χ3v) is 4.03. The van der Waals surface area contributed by atoms with Crippen molar-refractivity contribution in [2.45, 2.75) is 0 Å². The lowest BCUT2D eigenvalue weighted by molar-refractivity contribution is -0.385. The summed E-state index contributed by atoms with van der Waals surface area (Å²) in [5.41, 5.74) is -0.173. The number of nitrogens with one attached hydrogen (secondary N) is 1. The highest BCUT2D eigenvalue weighted by Gasteiger charge is 2.22. The minimum absolute atomic E-state index is 0.120. The average molecular weight is 461 g/mol. The molecule has 0 saturated heterocycles. The molecule has 2 rings (SSSR count). The van der Waals surface area contributed by atoms with Crippen molar-refractivity contribution >= 4 is 57.4 Å². The maximum atomic E-state index is 12.0. The second-order valence-corrected chi connectivity index (χ2v) is 6.12. The molecule has 0 bridgehead atoms. The summed E-state index contributed by atoms with van der Waals surface area (Å²) in [6.07, 6.45) is 0. The molecule has 0 aliphatic rings. The number of nitrogens with zero attached hydrogens (tertiary/aromatic N) is 1. The van der Waals surface area contributed by atoms with Crippen LogP contribution in [0.4, 0.5) is 11.4 Å². The minimum Gasteiger partial charge on any atom is -0.452 e. The standard InChI is InChI=1S/C15H10ClIN2O5/c16-9-5-6-10(13(7-9)19(22)23)15(21)24-8-14(20)18-12-4-2-1-3-11(12)17/h1-7H,8H2,(H,18,20). The second kappa shape index (κ2) is 8.06. The van der Waals surface area contributed by atoms with E-state index in [4.69, 9.17) is 16.3 Å². The van der Waals surface area contributed by atoms with Crippen LogP contribution in [0.2, 0.25) is 5.02 Å². The molecule has 7 nitrogen and oxygen atoms in total. The predicted molar refractivity (Wildman–Crippen MR) is 96.2 cm³/mol. The number of esters is 1. The summed E-state index contributed by atoms with van der Waals surface area (Å²) in [6.45, 7) is -0.566. The first-order valence-corrected chi connectivity index (χ1v) is 7.99. The number of nitro benzene ring substituents is 1. The number of benzene rings is 2. The summed E-state index contributed by atoms with van der Waals surface area (Å²) in [6, 6.07) is 10.6. The lowest BCUT2D eigenvalue weighted by atomic mass is 10.2. The van der Waals surface area contributed by atoms with Crippen molar-refractivity contribution in [3.05, 3.63) is 66.7 Å². The summed E-state index contributed by atoms with van der Waals surface area (Å²) in [5, 5.41) is 13.7. The first-order chi connectivity index (χ1) is 11.4. The van der Waals surface area contributed by atoms with Crippen molar-refractivity contribution in [3.63, 3.8) is 0 Å². The van der Waals surface area contributed by atoms with Crippen LogP contribution < -0.4 is 5.32 Å². The Labute approximate surface area is 155 Å². The maximum absolute atomic E-state index is 12.0. The van der Waals surface area contributed by atoms with Gasteiger partial charge in [0.25, 0.3) is 11.6 Å². The van der Waals surface area contributed by atoms with E-state index >= 15 is 0 Å². The number of ether oxygens (including phenoxy) is 1. The zero-order chi connectivity index (χ0) is 17.7. The molecule has 0 unspecified atom stereocenters. The Balaban J connectivity index is 2.02. The van der Waals surface area contributed by atoms with Crippen molar-refractivity contribution in [2.75, 3.05) is 11.9 Å². The molecule has 0 atom stereocenters. The topological polar surface area (TPSA) is 98.5 Å². The second-order valence-electron chi connectivity index (χ2n) is 4.52. The van der Waals surface area contributed by atoms with E-state index in [0.29, 0.717) is 5.69 Å². The summed E-state index contributed by atoms with van der Waals surface area (Å²) in [5.74, 6) is -1.53. The zero-order valence-electron chi connectivity index (χ0n) is 12.0. The van der Waals surface area contributed by atoms with Crippen LogP contribution in [0.25, 0.3) is 0 Å². The van der Waals surface area contributed by atoms with Gasteiger partial charge in [0.1, 0.15) is 5.56 Å². The summed E-state index contributed by atoms with van der Waals surface area (Å²) in [7, 11) is 0. The molecule has 0 spiro atoms. The van der Waals surface area contributed by atoms with Crippen LogP contribution in [-0.4, -0.2) is 23.4 Å². The third-order valence-electron chi connectivity index (χ3n) is 2.86. The average Bonchev–Trinajstić information content (AvgIpc) is 2.54. The molecular formula is C15H10ClIN2O5. The van der Waals surface area contributed by atoms with Gasteiger partial charge in [-0.15, -0.1) is 0 Å². The summed E-state index contributed by atoms with van der Waals surface area (Å²) < 4.78 is 5.65. The normalized spacial score (nSPS) is 10.1. The molecule has 0 saturated carbocycles. The van der Waals surface area contributed by atoms with Gasteiger partial charge in [0.2, 0.25) is 0 Å². The Morgan fingerprint density at radius 2 is 1.96 bits per heavy atom. The van der Waals surface area contributed by atoms with E-state index in [2.05, 4.69) is 5.32 Å². The van der Waals surface area contributed by atoms with Crippen LogP contribution in [0, 0.1) is 13.7 Å². The summed E-state index contributed by atoms with van der Waals surface area (Å²) >= 11 is 7.73. The van der Waals surface area contributed by atoms with Gasteiger partial charge in [-0.1, -0.05) is 23.7 Å². The van der Waals surface area contributed by atoms with E-state index in [0.717, 1.165) is 9.64 Å². The number of rotatable bonds is 5. The Morgan fingerprint density at radius 3 is 2.62 bits per heavy atom. The van der Waals surface area contributed by atoms with Gasteiger partial charge in [0.15, 0.2) is 6.61 Å². The highest BCUT2D eigenvalue weighted by Crippen LogP contribution is 2.24. The van der Waals surface area contributed by atoms with Gasteiger partial charge in [-0.05, 0) is 46.9 Å². The number of para-hydroxylation sites is 1. The smallest absolute Gasteiger partial charge is 0.345 e. The molecule has 2 aromatic rings. The molecule has 0 heterocycles. The molecule has 2 aromatic carbocycles. The molecule has 0 aromatic heterocycles. The minimum atomic E-state index is -0.976. The molecular weight excluding hydrogens is 451 g/mol. The van der Waals surface area contributed by atoms with Gasteiger partial charge in [-0.2, -0.15) is 0 Å². The number of carbonyl (C=O) groups excluding carboxylic acids is 2. The third kappa shape index (κ3) is 4.65. The quantitative estimate of drug-likeness (QED) is 0.318. The van der Waals surface area contributed by atoms with Crippen molar-refractivity contribution in [1.29, 1.82) is 0 Å². The van der Waals surface area contributed by atoms with Crippen molar-refractivity contribution < 1.29 is 19.2 Å². The van der Waals surface area contributed by atoms with Crippen molar-refractivity contribution in [1.82, 2.24) is 0 Å². The van der Waals surface area contributed by atoms with E-state index < -0.39 is 29.1 Å². The first-order valence-electron chi connectivity index (χ1n) is 6.54. The van der Waals surface area contributed by atoms with Crippen molar-refractivity contribution in [3.8, 4) is 0 Å². The number of halogens is 2. The van der Waals surface area contributed by atoms with E-state index in [1.165, 1.54) is 12.1 Å². The lowest BCUT2D eigenvalue weighted by Crippen LogP contribution is -2.21. The molecule has 1 N–H and O–H groups in total. The Kier molecular flexibility index (Phi) is 6.10. The van der Waals surface area contributed by atoms with E-state index in [-0.39, 0.29) is 10.6 Å². The zero-order valence-corrected chi connectivity index (χ0v) is 14.9. The highest BCUT2D eigenvalue weighted by molar-refractivity contribution is 14.1. The van der Waals surface area contributed by atoms with Crippen LogP contribution in [0.3, 0.4) is 0 Å². The van der Waals surface area contributed by atoms with Gasteiger partial charge in [-0.3, -0.25) is 14.9 Å². The van der Waals surface area contributed by atoms with E-state index in [9.17, 15) is 19.7 Å². The van der Waals surface area contributed by atoms with Crippen LogP contribution in [0.5, 0.6) is 0 Å². The monoisotopic (exact) mass is 460 g/mol. The molecule has 0 aliphatic heterocycles. The Hall–Kier alpha value is -2.20. The molecule has 24 heavy (non-hydrogen) atoms. The fourth-order valence-corrected chi connectivity index (χ4v) is 2.47. The van der Waals surface area contributed by atoms with Crippen LogP contribution >= 0.6 is 34.2 Å². The van der Waals surface area contributed by atoms with Crippen molar-refractivity contribution in [2.24, 2.45) is 0 Å². The highest BCUT2D eigenvalue weighted by atomic mass is 127. The SMILES string of the molecule is O=C(COC(=O)c1ccc(Cl)cc1[N+](=O)[O-])Nc1ccccc1I. The van der Waals surface area contributed by atoms with E-state index in [1.807, 2.05) is 28.7 Å². The number of amides is 1. The first kappa shape index (κ1) is 18.1. The number of carbonyl (C=O) groups is 2. The van der Waals surface area contributed by atoms with Gasteiger partial charge < -0.3 is 10.1 Å². The van der Waals surface area contributed by atoms with Gasteiger partial charge in [0, 0.05) is 14.7 Å². The fourth-order valence-electron chi connectivity index (χ4n) is 1.79. The van der Waals surface area contributed by atoms with Gasteiger partial charge in [-0.25, -0.2) is 4.79 Å². The molecule has 0 fully saturated rings. The van der Waals surface area contributed by atoms with Crippen LogP contribution in [-0.2, 0) is 9.53 Å². The predicted octanol–water partition coefficient (Wildman–Crippen LogP) is 3.65. The fraction of sp³-hybridized carbons (Fsp3) is 0.0667. The molecule has 1 amide bonds. The lowest BCUT2D eigenvalue weighted by Gasteiger charge is -2.08. The number of hydrogen-bond donors (Lipinski definition) is 1. The summed E-state index contributed by atoms with van der Waals surface area (Å²) in [4.78, 5) is 34.0. The number of hydrogen-bond acceptors (Lipinski definition) is 5. The molecule has 0 radical (unpaired) electrons. The number of anilines is 1. The maximum Gasteiger partial charge on any atom is 0.345 e. The van der Waals surface area contributed by atoms with Gasteiger partial charge in [0.05, 0.1) is 10.6 Å². The van der Waals surface area contributed by atoms with Gasteiger partial charge >= 0.3 is 5.97 Å².